The summed E-state index contributed by atoms with van der Waals surface area (Å²) in [6.07, 6.45) is 5.03. The zero-order chi connectivity index (χ0) is 20.1. The number of carbonyl (C=O) groups excluding carboxylic acids is 1. The highest BCUT2D eigenvalue weighted by atomic mass is 19.1. The van der Waals surface area contributed by atoms with Crippen molar-refractivity contribution in [1.82, 2.24) is 14.9 Å². The molecule has 0 saturated carbocycles. The van der Waals surface area contributed by atoms with Crippen LogP contribution < -0.4 is 4.90 Å². The average Bonchev–Trinajstić information content (AvgIpc) is 2.79. The molecule has 0 atom stereocenters. The van der Waals surface area contributed by atoms with Crippen LogP contribution >= 0.6 is 0 Å². The second-order valence-electron chi connectivity index (χ2n) is 6.80. The molecule has 0 bridgehead atoms. The van der Waals surface area contributed by atoms with Crippen LogP contribution in [-0.2, 0) is 4.79 Å². The Balaban J connectivity index is 1.37. The van der Waals surface area contributed by atoms with E-state index in [9.17, 15) is 9.18 Å². The van der Waals surface area contributed by atoms with Crippen molar-refractivity contribution in [3.8, 4) is 11.4 Å². The van der Waals surface area contributed by atoms with Crippen LogP contribution in [0.4, 0.5) is 10.2 Å². The minimum absolute atomic E-state index is 0.0402. The molecule has 5 nitrogen and oxygen atoms in total. The number of anilines is 1. The van der Waals surface area contributed by atoms with Gasteiger partial charge in [-0.1, -0.05) is 42.5 Å². The number of piperazine rings is 1. The summed E-state index contributed by atoms with van der Waals surface area (Å²) >= 11 is 0. The van der Waals surface area contributed by atoms with Crippen molar-refractivity contribution < 1.29 is 9.18 Å². The maximum atomic E-state index is 13.0. The highest BCUT2D eigenvalue weighted by Gasteiger charge is 2.21. The Morgan fingerprint density at radius 2 is 1.66 bits per heavy atom. The van der Waals surface area contributed by atoms with Crippen molar-refractivity contribution >= 4 is 17.8 Å². The minimum atomic E-state index is -0.287. The molecule has 6 heteroatoms. The molecule has 1 aromatic heterocycles. The monoisotopic (exact) mass is 388 g/mol. The first-order chi connectivity index (χ1) is 14.2. The van der Waals surface area contributed by atoms with E-state index in [1.54, 1.807) is 30.5 Å². The van der Waals surface area contributed by atoms with Crippen molar-refractivity contribution in [3.63, 3.8) is 0 Å². The standard InChI is InChI=1S/C23H21FN4O/c24-20-9-6-18(7-10-20)8-11-22(29)28-16-14-27(15-17-28)21-12-13-25-23(26-21)19-4-2-1-3-5-19/h1-13H,14-17H2/b11-8+. The lowest BCUT2D eigenvalue weighted by molar-refractivity contribution is -0.126. The van der Waals surface area contributed by atoms with Crippen molar-refractivity contribution in [2.75, 3.05) is 31.1 Å². The highest BCUT2D eigenvalue weighted by molar-refractivity contribution is 5.92. The molecule has 1 saturated heterocycles. The summed E-state index contributed by atoms with van der Waals surface area (Å²) in [7, 11) is 0. The summed E-state index contributed by atoms with van der Waals surface area (Å²) in [5.41, 5.74) is 1.78. The van der Waals surface area contributed by atoms with Gasteiger partial charge in [0.15, 0.2) is 5.82 Å². The van der Waals surface area contributed by atoms with Crippen molar-refractivity contribution in [3.05, 3.63) is 84.3 Å². The molecular weight excluding hydrogens is 367 g/mol. The van der Waals surface area contributed by atoms with Gasteiger partial charge in [-0.3, -0.25) is 4.79 Å². The molecule has 29 heavy (non-hydrogen) atoms. The van der Waals surface area contributed by atoms with E-state index in [0.29, 0.717) is 32.0 Å². The second kappa shape index (κ2) is 8.65. The van der Waals surface area contributed by atoms with Crippen LogP contribution in [0, 0.1) is 5.82 Å². The third kappa shape index (κ3) is 4.66. The van der Waals surface area contributed by atoms with Crippen LogP contribution in [0.25, 0.3) is 17.5 Å². The van der Waals surface area contributed by atoms with Crippen LogP contribution in [0.1, 0.15) is 5.56 Å². The second-order valence-corrected chi connectivity index (χ2v) is 6.80. The number of benzene rings is 2. The molecule has 0 radical (unpaired) electrons. The number of hydrogen-bond acceptors (Lipinski definition) is 4. The number of hydrogen-bond donors (Lipinski definition) is 0. The van der Waals surface area contributed by atoms with Gasteiger partial charge in [0.05, 0.1) is 0 Å². The Labute approximate surface area is 169 Å². The topological polar surface area (TPSA) is 49.3 Å². The number of nitrogens with zero attached hydrogens (tertiary/aromatic N) is 4. The van der Waals surface area contributed by atoms with Gasteiger partial charge in [-0.2, -0.15) is 0 Å². The summed E-state index contributed by atoms with van der Waals surface area (Å²) in [6.45, 7) is 2.66. The van der Waals surface area contributed by atoms with Crippen LogP contribution in [0.15, 0.2) is 72.9 Å². The van der Waals surface area contributed by atoms with Gasteiger partial charge in [-0.05, 0) is 29.8 Å². The van der Waals surface area contributed by atoms with E-state index >= 15 is 0 Å². The van der Waals surface area contributed by atoms with Gasteiger partial charge in [-0.15, -0.1) is 0 Å². The molecule has 2 heterocycles. The first-order valence-corrected chi connectivity index (χ1v) is 9.55. The van der Waals surface area contributed by atoms with Gasteiger partial charge in [0.1, 0.15) is 11.6 Å². The van der Waals surface area contributed by atoms with E-state index in [-0.39, 0.29) is 11.7 Å². The summed E-state index contributed by atoms with van der Waals surface area (Å²) in [6, 6.07) is 17.8. The number of rotatable bonds is 4. The molecule has 1 aliphatic rings. The quantitative estimate of drug-likeness (QED) is 0.641. The third-order valence-electron chi connectivity index (χ3n) is 4.88. The van der Waals surface area contributed by atoms with E-state index < -0.39 is 0 Å². The molecule has 0 unspecified atom stereocenters. The molecule has 2 aromatic carbocycles. The van der Waals surface area contributed by atoms with E-state index in [1.165, 1.54) is 12.1 Å². The van der Waals surface area contributed by atoms with Gasteiger partial charge in [0.2, 0.25) is 5.91 Å². The molecule has 4 rings (SSSR count). The van der Waals surface area contributed by atoms with Crippen molar-refractivity contribution in [2.45, 2.75) is 0 Å². The zero-order valence-corrected chi connectivity index (χ0v) is 15.9. The van der Waals surface area contributed by atoms with E-state index in [0.717, 1.165) is 16.9 Å². The van der Waals surface area contributed by atoms with Gasteiger partial charge >= 0.3 is 0 Å². The first-order valence-electron chi connectivity index (χ1n) is 9.55. The molecular formula is C23H21FN4O. The molecule has 3 aromatic rings. The molecule has 1 amide bonds. The maximum absolute atomic E-state index is 13.0. The number of amides is 1. The Kier molecular flexibility index (Phi) is 5.61. The number of aromatic nitrogens is 2. The normalized spacial score (nSPS) is 14.4. The first kappa shape index (κ1) is 18.8. The lowest BCUT2D eigenvalue weighted by Crippen LogP contribution is -2.48. The summed E-state index contributed by atoms with van der Waals surface area (Å²) < 4.78 is 13.0. The fraction of sp³-hybridized carbons (Fsp3) is 0.174. The van der Waals surface area contributed by atoms with Gasteiger partial charge in [0, 0.05) is 44.0 Å². The Bertz CT molecular complexity index is 997. The van der Waals surface area contributed by atoms with Gasteiger partial charge in [-0.25, -0.2) is 14.4 Å². The number of carbonyl (C=O) groups is 1. The van der Waals surface area contributed by atoms with E-state index in [4.69, 9.17) is 0 Å². The minimum Gasteiger partial charge on any atom is -0.353 e. The SMILES string of the molecule is O=C(/C=C/c1ccc(F)cc1)N1CCN(c2ccnc(-c3ccccc3)n2)CC1. The molecule has 0 spiro atoms. The molecule has 1 aliphatic heterocycles. The maximum Gasteiger partial charge on any atom is 0.246 e. The van der Waals surface area contributed by atoms with Crippen LogP contribution in [-0.4, -0.2) is 47.0 Å². The molecule has 1 fully saturated rings. The molecule has 0 aliphatic carbocycles. The lowest BCUT2D eigenvalue weighted by atomic mass is 10.2. The average molecular weight is 388 g/mol. The predicted molar refractivity (Wildman–Crippen MR) is 112 cm³/mol. The van der Waals surface area contributed by atoms with Gasteiger partial charge < -0.3 is 9.80 Å². The zero-order valence-electron chi connectivity index (χ0n) is 15.9. The Hall–Kier alpha value is -3.54. The van der Waals surface area contributed by atoms with Crippen LogP contribution in [0.5, 0.6) is 0 Å². The molecule has 0 N–H and O–H groups in total. The third-order valence-corrected chi connectivity index (χ3v) is 4.88. The fourth-order valence-corrected chi connectivity index (χ4v) is 3.25. The van der Waals surface area contributed by atoms with Gasteiger partial charge in [0.25, 0.3) is 0 Å². The predicted octanol–water partition coefficient (Wildman–Crippen LogP) is 3.64. The van der Waals surface area contributed by atoms with Crippen LogP contribution in [0.3, 0.4) is 0 Å². The summed E-state index contributed by atoms with van der Waals surface area (Å²) in [5.74, 6) is 1.24. The van der Waals surface area contributed by atoms with Crippen molar-refractivity contribution in [2.24, 2.45) is 0 Å². The Morgan fingerprint density at radius 1 is 0.931 bits per heavy atom. The van der Waals surface area contributed by atoms with E-state index in [2.05, 4.69) is 14.9 Å². The lowest BCUT2D eigenvalue weighted by Gasteiger charge is -2.35. The van der Waals surface area contributed by atoms with Crippen molar-refractivity contribution in [1.29, 1.82) is 0 Å². The summed E-state index contributed by atoms with van der Waals surface area (Å²) in [4.78, 5) is 25.5. The van der Waals surface area contributed by atoms with Crippen LogP contribution in [0.2, 0.25) is 0 Å². The summed E-state index contributed by atoms with van der Waals surface area (Å²) in [5, 5.41) is 0. The highest BCUT2D eigenvalue weighted by Crippen LogP contribution is 2.19. The largest absolute Gasteiger partial charge is 0.353 e. The Morgan fingerprint density at radius 3 is 2.38 bits per heavy atom. The molecule has 146 valence electrons. The number of halogens is 1. The van der Waals surface area contributed by atoms with E-state index in [1.807, 2.05) is 41.3 Å². The fourth-order valence-electron chi connectivity index (χ4n) is 3.25. The smallest absolute Gasteiger partial charge is 0.246 e.